The molecule has 7 heteroatoms. The van der Waals surface area contributed by atoms with Crippen molar-refractivity contribution in [3.63, 3.8) is 0 Å². The van der Waals surface area contributed by atoms with Gasteiger partial charge >= 0.3 is 0 Å². The predicted molar refractivity (Wildman–Crippen MR) is 126 cm³/mol. The van der Waals surface area contributed by atoms with E-state index in [0.717, 1.165) is 55.2 Å². The summed E-state index contributed by atoms with van der Waals surface area (Å²) in [6.45, 7) is 8.42. The quantitative estimate of drug-likeness (QED) is 0.772. The van der Waals surface area contributed by atoms with Crippen molar-refractivity contribution in [1.29, 1.82) is 0 Å². The number of anilines is 3. The smallest absolute Gasteiger partial charge is 0.224 e. The molecule has 0 aromatic heterocycles. The molecule has 0 bridgehead atoms. The van der Waals surface area contributed by atoms with Crippen LogP contribution in [0.1, 0.15) is 38.8 Å². The van der Waals surface area contributed by atoms with Crippen molar-refractivity contribution in [3.05, 3.63) is 53.1 Å². The molecule has 2 aromatic rings. The first-order valence-corrected chi connectivity index (χ1v) is 11.2. The van der Waals surface area contributed by atoms with Crippen LogP contribution in [0.2, 0.25) is 5.02 Å². The molecule has 1 saturated heterocycles. The van der Waals surface area contributed by atoms with Gasteiger partial charge in [-0.3, -0.25) is 9.59 Å². The first-order valence-electron chi connectivity index (χ1n) is 10.8. The van der Waals surface area contributed by atoms with E-state index in [-0.39, 0.29) is 23.9 Å². The van der Waals surface area contributed by atoms with Gasteiger partial charge in [0.2, 0.25) is 11.8 Å². The van der Waals surface area contributed by atoms with Crippen LogP contribution in [0.15, 0.2) is 42.5 Å². The molecule has 164 valence electrons. The third-order valence-corrected chi connectivity index (χ3v) is 6.53. The summed E-state index contributed by atoms with van der Waals surface area (Å²) in [6.07, 6.45) is 0.816. The van der Waals surface area contributed by atoms with Crippen molar-refractivity contribution in [2.75, 3.05) is 41.3 Å². The number of halogens is 1. The van der Waals surface area contributed by atoms with Crippen molar-refractivity contribution in [1.82, 2.24) is 4.90 Å². The van der Waals surface area contributed by atoms with Gasteiger partial charge in [0.25, 0.3) is 0 Å². The van der Waals surface area contributed by atoms with Crippen LogP contribution in [0.25, 0.3) is 0 Å². The van der Waals surface area contributed by atoms with E-state index in [0.29, 0.717) is 5.02 Å². The number of nitrogens with zero attached hydrogens (tertiary/aromatic N) is 3. The van der Waals surface area contributed by atoms with E-state index in [1.165, 1.54) is 0 Å². The Bertz CT molecular complexity index is 970. The van der Waals surface area contributed by atoms with Crippen LogP contribution in [0.5, 0.6) is 0 Å². The lowest BCUT2D eigenvalue weighted by atomic mass is 9.90. The second kappa shape index (κ2) is 8.79. The highest BCUT2D eigenvalue weighted by molar-refractivity contribution is 6.30. The molecule has 2 heterocycles. The average molecular weight is 441 g/mol. The van der Waals surface area contributed by atoms with Gasteiger partial charge in [-0.15, -0.1) is 0 Å². The summed E-state index contributed by atoms with van der Waals surface area (Å²) in [6, 6.07) is 14.3. The van der Waals surface area contributed by atoms with Crippen LogP contribution < -0.4 is 15.1 Å². The van der Waals surface area contributed by atoms with Crippen molar-refractivity contribution >= 4 is 40.5 Å². The highest BCUT2D eigenvalue weighted by atomic mass is 35.5. The van der Waals surface area contributed by atoms with Crippen molar-refractivity contribution < 1.29 is 9.59 Å². The van der Waals surface area contributed by atoms with Crippen LogP contribution in [-0.4, -0.2) is 48.9 Å². The fraction of sp³-hybridized carbons (Fsp3) is 0.417. The fourth-order valence-corrected chi connectivity index (χ4v) is 4.82. The number of piperazine rings is 1. The molecule has 2 aliphatic heterocycles. The molecular weight excluding hydrogens is 412 g/mol. The molecule has 0 saturated carbocycles. The van der Waals surface area contributed by atoms with Gasteiger partial charge in [0.1, 0.15) is 0 Å². The molecule has 31 heavy (non-hydrogen) atoms. The topological polar surface area (TPSA) is 55.9 Å². The normalized spacial score (nSPS) is 21.0. The number of rotatable bonds is 3. The van der Waals surface area contributed by atoms with Gasteiger partial charge in [0.15, 0.2) is 0 Å². The fourth-order valence-electron chi connectivity index (χ4n) is 4.69. The van der Waals surface area contributed by atoms with Gasteiger partial charge in [-0.1, -0.05) is 11.6 Å². The molecule has 1 N–H and O–H groups in total. The summed E-state index contributed by atoms with van der Waals surface area (Å²) in [5.74, 6) is 0.185. The molecule has 2 aliphatic rings. The summed E-state index contributed by atoms with van der Waals surface area (Å²) in [5, 5.41) is 4.34. The summed E-state index contributed by atoms with van der Waals surface area (Å²) in [4.78, 5) is 30.2. The number of amides is 2. The highest BCUT2D eigenvalue weighted by Crippen LogP contribution is 2.41. The molecule has 1 fully saturated rings. The molecule has 2 amide bonds. The Labute approximate surface area is 188 Å². The summed E-state index contributed by atoms with van der Waals surface area (Å²) in [7, 11) is 0. The van der Waals surface area contributed by atoms with Crippen LogP contribution in [0.4, 0.5) is 17.1 Å². The first kappa shape index (κ1) is 21.5. The zero-order chi connectivity index (χ0) is 22.1. The van der Waals surface area contributed by atoms with E-state index in [1.54, 1.807) is 13.8 Å². The number of hydrogen-bond acceptors (Lipinski definition) is 4. The number of carbonyl (C=O) groups excluding carboxylic acids is 2. The van der Waals surface area contributed by atoms with Crippen LogP contribution in [0, 0.1) is 0 Å². The van der Waals surface area contributed by atoms with E-state index in [9.17, 15) is 9.59 Å². The second-order valence-electron chi connectivity index (χ2n) is 8.41. The number of carbonyl (C=O) groups is 2. The Morgan fingerprint density at radius 3 is 2.26 bits per heavy atom. The summed E-state index contributed by atoms with van der Waals surface area (Å²) < 4.78 is 0. The Kier molecular flexibility index (Phi) is 6.10. The minimum atomic E-state index is 0.0570. The van der Waals surface area contributed by atoms with E-state index in [2.05, 4.69) is 35.3 Å². The monoisotopic (exact) mass is 440 g/mol. The molecule has 6 nitrogen and oxygen atoms in total. The third kappa shape index (κ3) is 4.49. The molecule has 0 spiro atoms. The molecule has 0 aliphatic carbocycles. The molecule has 2 atom stereocenters. The Balaban J connectivity index is 1.64. The van der Waals surface area contributed by atoms with E-state index in [4.69, 9.17) is 11.6 Å². The van der Waals surface area contributed by atoms with Crippen LogP contribution in [-0.2, 0) is 9.59 Å². The number of hydrogen-bond donors (Lipinski definition) is 1. The van der Waals surface area contributed by atoms with E-state index in [1.807, 2.05) is 34.1 Å². The zero-order valence-electron chi connectivity index (χ0n) is 18.3. The first-order chi connectivity index (χ1) is 14.8. The van der Waals surface area contributed by atoms with Crippen LogP contribution in [0.3, 0.4) is 0 Å². The van der Waals surface area contributed by atoms with E-state index >= 15 is 0 Å². The van der Waals surface area contributed by atoms with Crippen molar-refractivity contribution in [2.45, 2.75) is 39.3 Å². The maximum absolute atomic E-state index is 12.4. The second-order valence-corrected chi connectivity index (χ2v) is 8.85. The standard InChI is InChI=1S/C24H29ClN4O2/c1-16-14-23(26-20-6-4-19(25)5-7-20)22-15-21(8-9-24(22)29(16)18(3)31)28-12-10-27(11-13-28)17(2)30/h4-9,15-16,23,26H,10-14H2,1-3H3/t16-,23+/m0/s1. The van der Waals surface area contributed by atoms with Gasteiger partial charge in [-0.05, 0) is 55.8 Å². The third-order valence-electron chi connectivity index (χ3n) is 6.28. The van der Waals surface area contributed by atoms with Gasteiger partial charge in [-0.25, -0.2) is 0 Å². The summed E-state index contributed by atoms with van der Waals surface area (Å²) >= 11 is 6.05. The van der Waals surface area contributed by atoms with Crippen molar-refractivity contribution in [3.8, 4) is 0 Å². The maximum Gasteiger partial charge on any atom is 0.224 e. The molecule has 0 unspecified atom stereocenters. The van der Waals surface area contributed by atoms with Crippen LogP contribution >= 0.6 is 11.6 Å². The largest absolute Gasteiger partial charge is 0.378 e. The number of benzene rings is 2. The lowest BCUT2D eigenvalue weighted by Crippen LogP contribution is -2.48. The zero-order valence-corrected chi connectivity index (χ0v) is 19.0. The van der Waals surface area contributed by atoms with Gasteiger partial charge in [0, 0.05) is 73.7 Å². The minimum Gasteiger partial charge on any atom is -0.378 e. The predicted octanol–water partition coefficient (Wildman–Crippen LogP) is 4.31. The SMILES string of the molecule is CC(=O)N1CCN(c2ccc3c(c2)[C@H](Nc2ccc(Cl)cc2)C[C@H](C)N3C(C)=O)CC1. The summed E-state index contributed by atoms with van der Waals surface area (Å²) in [5.41, 5.74) is 4.21. The van der Waals surface area contributed by atoms with Gasteiger partial charge in [-0.2, -0.15) is 0 Å². The molecular formula is C24H29ClN4O2. The van der Waals surface area contributed by atoms with E-state index < -0.39 is 0 Å². The Hall–Kier alpha value is -2.73. The number of fused-ring (bicyclic) bond motifs is 1. The lowest BCUT2D eigenvalue weighted by Gasteiger charge is -2.41. The number of nitrogens with one attached hydrogen (secondary N) is 1. The lowest BCUT2D eigenvalue weighted by molar-refractivity contribution is -0.129. The Morgan fingerprint density at radius 1 is 0.968 bits per heavy atom. The average Bonchev–Trinajstić information content (AvgIpc) is 2.75. The van der Waals surface area contributed by atoms with Gasteiger partial charge < -0.3 is 20.0 Å². The van der Waals surface area contributed by atoms with Crippen molar-refractivity contribution in [2.24, 2.45) is 0 Å². The maximum atomic E-state index is 12.4. The molecule has 2 aromatic carbocycles. The molecule has 0 radical (unpaired) electrons. The highest BCUT2D eigenvalue weighted by Gasteiger charge is 2.33. The molecule has 4 rings (SSSR count). The van der Waals surface area contributed by atoms with Gasteiger partial charge in [0.05, 0.1) is 6.04 Å². The minimum absolute atomic E-state index is 0.0570. The Morgan fingerprint density at radius 2 is 1.65 bits per heavy atom.